The molecule has 0 spiro atoms. The van der Waals surface area contributed by atoms with Gasteiger partial charge in [-0.2, -0.15) is 0 Å². The molecule has 2 rings (SSSR count). The molecule has 1 aliphatic rings. The molecule has 2 heterocycles. The molecule has 0 radical (unpaired) electrons. The van der Waals surface area contributed by atoms with Crippen LogP contribution < -0.4 is 5.56 Å². The predicted octanol–water partition coefficient (Wildman–Crippen LogP) is 0.699. The molecule has 1 fully saturated rings. The lowest BCUT2D eigenvalue weighted by Gasteiger charge is -2.31. The Hall–Kier alpha value is -1.43. The van der Waals surface area contributed by atoms with Crippen LogP contribution in [0.1, 0.15) is 18.9 Å². The van der Waals surface area contributed by atoms with E-state index in [1.807, 2.05) is 4.57 Å². The molecule has 6 heteroatoms. The number of hydrogen-bond donors (Lipinski definition) is 1. The van der Waals surface area contributed by atoms with Crippen LogP contribution in [0, 0.1) is 4.77 Å². The molecular weight excluding hydrogens is 226 g/mol. The highest BCUT2D eigenvalue weighted by Crippen LogP contribution is 2.20. The number of rotatable bonds is 1. The number of amides is 1. The molecule has 1 unspecified atom stereocenters. The van der Waals surface area contributed by atoms with Crippen LogP contribution >= 0.6 is 12.2 Å². The van der Waals surface area contributed by atoms with Crippen molar-refractivity contribution in [3.05, 3.63) is 27.4 Å². The number of aromatic amines is 1. The van der Waals surface area contributed by atoms with Crippen LogP contribution in [0.5, 0.6) is 0 Å². The Morgan fingerprint density at radius 1 is 1.50 bits per heavy atom. The minimum Gasteiger partial charge on any atom is -0.344 e. The minimum atomic E-state index is -0.193. The van der Waals surface area contributed by atoms with Gasteiger partial charge in [-0.15, -0.1) is 0 Å². The van der Waals surface area contributed by atoms with Gasteiger partial charge < -0.3 is 9.47 Å². The van der Waals surface area contributed by atoms with Gasteiger partial charge in [0.25, 0.3) is 5.56 Å². The number of piperidine rings is 1. The summed E-state index contributed by atoms with van der Waals surface area (Å²) in [5, 5.41) is 0. The van der Waals surface area contributed by atoms with Crippen LogP contribution in [-0.4, -0.2) is 34.0 Å². The maximum Gasteiger partial charge on any atom is 0.251 e. The number of carbonyl (C=O) groups is 1. The molecule has 16 heavy (non-hydrogen) atoms. The minimum absolute atomic E-state index is 0.159. The third-order valence-corrected chi connectivity index (χ3v) is 3.16. The fourth-order valence-electron chi connectivity index (χ4n) is 1.93. The largest absolute Gasteiger partial charge is 0.344 e. The van der Waals surface area contributed by atoms with E-state index in [-0.39, 0.29) is 17.5 Å². The van der Waals surface area contributed by atoms with Gasteiger partial charge in [0, 0.05) is 32.3 Å². The first-order valence-electron chi connectivity index (χ1n) is 5.13. The number of H-pyrrole nitrogens is 1. The highest BCUT2D eigenvalue weighted by molar-refractivity contribution is 7.71. The SMILES string of the molecule is CN1CC(n2ccc(=O)[nH]c2=S)CCC1=O. The van der Waals surface area contributed by atoms with Gasteiger partial charge in [-0.1, -0.05) is 0 Å². The summed E-state index contributed by atoms with van der Waals surface area (Å²) in [7, 11) is 1.78. The Kier molecular flexibility index (Phi) is 2.91. The third kappa shape index (κ3) is 2.06. The van der Waals surface area contributed by atoms with Gasteiger partial charge in [-0.05, 0) is 18.6 Å². The number of aromatic nitrogens is 2. The zero-order valence-corrected chi connectivity index (χ0v) is 9.79. The van der Waals surface area contributed by atoms with Crippen molar-refractivity contribution in [2.24, 2.45) is 0 Å². The first kappa shape index (κ1) is 11.1. The highest BCUT2D eigenvalue weighted by Gasteiger charge is 2.23. The summed E-state index contributed by atoms with van der Waals surface area (Å²) in [6, 6.07) is 1.61. The Balaban J connectivity index is 2.28. The lowest BCUT2D eigenvalue weighted by molar-refractivity contribution is -0.132. The van der Waals surface area contributed by atoms with E-state index in [0.29, 0.717) is 17.7 Å². The summed E-state index contributed by atoms with van der Waals surface area (Å²) < 4.78 is 2.26. The van der Waals surface area contributed by atoms with Crippen LogP contribution in [0.2, 0.25) is 0 Å². The van der Waals surface area contributed by atoms with Gasteiger partial charge in [0.1, 0.15) is 0 Å². The van der Waals surface area contributed by atoms with Crippen molar-refractivity contribution in [3.63, 3.8) is 0 Å². The van der Waals surface area contributed by atoms with Gasteiger partial charge in [-0.25, -0.2) is 0 Å². The van der Waals surface area contributed by atoms with E-state index in [1.165, 1.54) is 6.07 Å². The summed E-state index contributed by atoms with van der Waals surface area (Å²) in [6.45, 7) is 0.638. The summed E-state index contributed by atoms with van der Waals surface area (Å²) in [5.74, 6) is 0.159. The lowest BCUT2D eigenvalue weighted by Crippen LogP contribution is -2.38. The van der Waals surface area contributed by atoms with Crippen LogP contribution in [0.15, 0.2) is 17.1 Å². The summed E-state index contributed by atoms with van der Waals surface area (Å²) in [5.41, 5.74) is -0.193. The van der Waals surface area contributed by atoms with E-state index in [2.05, 4.69) is 4.98 Å². The van der Waals surface area contributed by atoms with Gasteiger partial charge in [0.2, 0.25) is 5.91 Å². The van der Waals surface area contributed by atoms with Crippen molar-refractivity contribution in [1.82, 2.24) is 14.5 Å². The molecule has 1 N–H and O–H groups in total. The molecule has 0 aromatic carbocycles. The number of likely N-dealkylation sites (tertiary alicyclic amines) is 1. The molecule has 1 aromatic heterocycles. The highest BCUT2D eigenvalue weighted by atomic mass is 32.1. The van der Waals surface area contributed by atoms with Crippen molar-refractivity contribution in [2.75, 3.05) is 13.6 Å². The maximum atomic E-state index is 11.3. The van der Waals surface area contributed by atoms with Crippen molar-refractivity contribution >= 4 is 18.1 Å². The first-order valence-corrected chi connectivity index (χ1v) is 5.54. The molecule has 1 saturated heterocycles. The molecule has 1 amide bonds. The number of carbonyl (C=O) groups excluding carboxylic acids is 1. The van der Waals surface area contributed by atoms with Crippen LogP contribution in [0.25, 0.3) is 0 Å². The van der Waals surface area contributed by atoms with Gasteiger partial charge in [0.15, 0.2) is 4.77 Å². The molecule has 1 aliphatic heterocycles. The summed E-state index contributed by atoms with van der Waals surface area (Å²) in [4.78, 5) is 26.7. The number of nitrogens with zero attached hydrogens (tertiary/aromatic N) is 2. The van der Waals surface area contributed by atoms with Gasteiger partial charge >= 0.3 is 0 Å². The predicted molar refractivity (Wildman–Crippen MR) is 61.8 cm³/mol. The average Bonchev–Trinajstić information content (AvgIpc) is 2.22. The lowest BCUT2D eigenvalue weighted by atomic mass is 10.1. The maximum absolute atomic E-state index is 11.3. The molecule has 0 aliphatic carbocycles. The van der Waals surface area contributed by atoms with E-state index in [0.717, 1.165) is 6.42 Å². The van der Waals surface area contributed by atoms with Crippen molar-refractivity contribution in [2.45, 2.75) is 18.9 Å². The molecule has 0 saturated carbocycles. The Labute approximate surface area is 97.7 Å². The van der Waals surface area contributed by atoms with Crippen molar-refractivity contribution in [1.29, 1.82) is 0 Å². The first-order chi connectivity index (χ1) is 7.58. The Bertz CT molecular complexity index is 519. The normalized spacial score (nSPS) is 21.2. The fraction of sp³-hybridized carbons (Fsp3) is 0.500. The molecule has 86 valence electrons. The quantitative estimate of drug-likeness (QED) is 0.734. The second kappa shape index (κ2) is 4.21. The van der Waals surface area contributed by atoms with Gasteiger partial charge in [-0.3, -0.25) is 14.6 Å². The second-order valence-electron chi connectivity index (χ2n) is 3.98. The third-order valence-electron chi connectivity index (χ3n) is 2.85. The van der Waals surface area contributed by atoms with Crippen molar-refractivity contribution < 1.29 is 4.79 Å². The summed E-state index contributed by atoms with van der Waals surface area (Å²) in [6.07, 6.45) is 2.99. The molecule has 1 aromatic rings. The Morgan fingerprint density at radius 2 is 2.25 bits per heavy atom. The molecule has 1 atom stereocenters. The summed E-state index contributed by atoms with van der Waals surface area (Å²) >= 11 is 5.09. The van der Waals surface area contributed by atoms with Crippen LogP contribution in [0.4, 0.5) is 0 Å². The zero-order valence-electron chi connectivity index (χ0n) is 8.97. The molecule has 5 nitrogen and oxygen atoms in total. The monoisotopic (exact) mass is 239 g/mol. The van der Waals surface area contributed by atoms with E-state index in [4.69, 9.17) is 12.2 Å². The fourth-order valence-corrected chi connectivity index (χ4v) is 2.24. The second-order valence-corrected chi connectivity index (χ2v) is 4.37. The van der Waals surface area contributed by atoms with E-state index in [1.54, 1.807) is 18.1 Å². The zero-order chi connectivity index (χ0) is 11.7. The van der Waals surface area contributed by atoms with Crippen LogP contribution in [-0.2, 0) is 4.79 Å². The standard InChI is InChI=1S/C10H13N3O2S/c1-12-6-7(2-3-9(12)15)13-5-4-8(14)11-10(13)16/h4-5,7H,2-3,6H2,1H3,(H,11,14,16). The van der Waals surface area contributed by atoms with E-state index >= 15 is 0 Å². The van der Waals surface area contributed by atoms with E-state index in [9.17, 15) is 9.59 Å². The van der Waals surface area contributed by atoms with Crippen molar-refractivity contribution in [3.8, 4) is 0 Å². The Morgan fingerprint density at radius 3 is 2.88 bits per heavy atom. The average molecular weight is 239 g/mol. The smallest absolute Gasteiger partial charge is 0.251 e. The number of likely N-dealkylation sites (N-methyl/N-ethyl adjacent to an activating group) is 1. The van der Waals surface area contributed by atoms with Crippen LogP contribution in [0.3, 0.4) is 0 Å². The number of nitrogens with one attached hydrogen (secondary N) is 1. The van der Waals surface area contributed by atoms with E-state index < -0.39 is 0 Å². The number of hydrogen-bond acceptors (Lipinski definition) is 3. The molecular formula is C10H13N3O2S. The van der Waals surface area contributed by atoms with Gasteiger partial charge in [0.05, 0.1) is 6.04 Å². The molecule has 0 bridgehead atoms. The topological polar surface area (TPSA) is 58.1 Å².